The van der Waals surface area contributed by atoms with E-state index in [0.717, 1.165) is 5.56 Å². The predicted molar refractivity (Wildman–Crippen MR) is 120 cm³/mol. The molecule has 3 aromatic carbocycles. The number of hydrogen-bond donors (Lipinski definition) is 1. The number of aliphatic hydroxyl groups excluding tert-OH is 1. The molecular formula is C26H22FNO4. The molecule has 0 radical (unpaired) electrons. The van der Waals surface area contributed by atoms with Gasteiger partial charge in [-0.3, -0.25) is 14.5 Å². The third kappa shape index (κ3) is 3.75. The summed E-state index contributed by atoms with van der Waals surface area (Å²) in [5.74, 6) is -1.84. The smallest absolute Gasteiger partial charge is 0.300 e. The quantitative estimate of drug-likeness (QED) is 0.344. The first-order valence-corrected chi connectivity index (χ1v) is 10.3. The van der Waals surface area contributed by atoms with Crippen LogP contribution >= 0.6 is 0 Å². The molecule has 0 aliphatic carbocycles. The molecule has 0 saturated carbocycles. The van der Waals surface area contributed by atoms with Gasteiger partial charge in [-0.05, 0) is 67.4 Å². The molecule has 1 unspecified atom stereocenters. The molecule has 0 aromatic heterocycles. The van der Waals surface area contributed by atoms with Gasteiger partial charge in [0.2, 0.25) is 0 Å². The highest BCUT2D eigenvalue weighted by Crippen LogP contribution is 2.43. The maximum absolute atomic E-state index is 14.0. The van der Waals surface area contributed by atoms with E-state index in [2.05, 4.69) is 0 Å². The van der Waals surface area contributed by atoms with Crippen molar-refractivity contribution in [2.24, 2.45) is 0 Å². The molecule has 5 nitrogen and oxygen atoms in total. The van der Waals surface area contributed by atoms with E-state index in [1.165, 1.54) is 23.1 Å². The van der Waals surface area contributed by atoms with Crippen LogP contribution in [0.3, 0.4) is 0 Å². The number of ketones is 1. The van der Waals surface area contributed by atoms with Crippen LogP contribution in [-0.4, -0.2) is 23.4 Å². The zero-order chi connectivity index (χ0) is 22.8. The number of Topliss-reactive ketones (excluding diaryl/α,β-unsaturated/α-hetero) is 1. The van der Waals surface area contributed by atoms with Gasteiger partial charge in [-0.25, -0.2) is 4.39 Å². The Balaban J connectivity index is 1.92. The lowest BCUT2D eigenvalue weighted by Crippen LogP contribution is -2.29. The minimum absolute atomic E-state index is 0.0438. The lowest BCUT2D eigenvalue weighted by Gasteiger charge is -2.26. The number of carbonyl (C=O) groups excluding carboxylic acids is 2. The maximum atomic E-state index is 14.0. The Morgan fingerprint density at radius 3 is 2.41 bits per heavy atom. The van der Waals surface area contributed by atoms with Gasteiger partial charge in [-0.1, -0.05) is 30.3 Å². The number of hydrogen-bond acceptors (Lipinski definition) is 4. The van der Waals surface area contributed by atoms with Crippen LogP contribution in [0.4, 0.5) is 10.1 Å². The third-order valence-corrected chi connectivity index (χ3v) is 5.45. The maximum Gasteiger partial charge on any atom is 0.300 e. The van der Waals surface area contributed by atoms with E-state index in [9.17, 15) is 19.1 Å². The minimum Gasteiger partial charge on any atom is -0.507 e. The Bertz CT molecular complexity index is 1220. The molecule has 1 aliphatic rings. The molecule has 1 aliphatic heterocycles. The van der Waals surface area contributed by atoms with Crippen molar-refractivity contribution >= 4 is 23.1 Å². The van der Waals surface area contributed by atoms with Gasteiger partial charge in [0.05, 0.1) is 18.2 Å². The van der Waals surface area contributed by atoms with Crippen molar-refractivity contribution in [3.63, 3.8) is 0 Å². The van der Waals surface area contributed by atoms with Crippen molar-refractivity contribution in [1.82, 2.24) is 0 Å². The van der Waals surface area contributed by atoms with Crippen LogP contribution in [-0.2, 0) is 9.59 Å². The number of carbonyl (C=O) groups is 2. The van der Waals surface area contributed by atoms with Crippen molar-refractivity contribution in [2.75, 3.05) is 11.5 Å². The minimum atomic E-state index is -0.899. The largest absolute Gasteiger partial charge is 0.507 e. The predicted octanol–water partition coefficient (Wildman–Crippen LogP) is 5.16. The number of benzene rings is 3. The van der Waals surface area contributed by atoms with E-state index in [1.54, 1.807) is 42.5 Å². The standard InChI is InChI=1S/C26H22FNO4/c1-3-32-20-13-11-17(12-14-20)24(29)22-23(21-10-5-4-7-16(21)2)28(26(31)25(22)30)19-9-6-8-18(27)15-19/h4-15,23,29H,3H2,1-2H3/b24-22+. The van der Waals surface area contributed by atoms with E-state index < -0.39 is 23.5 Å². The molecule has 1 N–H and O–H groups in total. The SMILES string of the molecule is CCOc1ccc(/C(O)=C2\C(=O)C(=O)N(c3cccc(F)c3)C2c2ccccc2C)cc1. The summed E-state index contributed by atoms with van der Waals surface area (Å²) in [4.78, 5) is 27.5. The summed E-state index contributed by atoms with van der Waals surface area (Å²) in [6.07, 6.45) is 0. The Morgan fingerprint density at radius 2 is 1.75 bits per heavy atom. The van der Waals surface area contributed by atoms with Crippen LogP contribution in [0.25, 0.3) is 5.76 Å². The lowest BCUT2D eigenvalue weighted by molar-refractivity contribution is -0.132. The van der Waals surface area contributed by atoms with Gasteiger partial charge in [0.25, 0.3) is 11.7 Å². The molecule has 0 bridgehead atoms. The number of halogens is 1. The summed E-state index contributed by atoms with van der Waals surface area (Å²) in [6.45, 7) is 4.22. The van der Waals surface area contributed by atoms with Gasteiger partial charge in [-0.15, -0.1) is 0 Å². The summed E-state index contributed by atoms with van der Waals surface area (Å²) >= 11 is 0. The first-order chi connectivity index (χ1) is 15.4. The fourth-order valence-corrected chi connectivity index (χ4v) is 3.94. The Labute approximate surface area is 185 Å². The molecule has 6 heteroatoms. The van der Waals surface area contributed by atoms with Crippen molar-refractivity contribution in [3.05, 3.63) is 101 Å². The van der Waals surface area contributed by atoms with Gasteiger partial charge in [0.15, 0.2) is 0 Å². The van der Waals surface area contributed by atoms with Crippen LogP contribution in [0.2, 0.25) is 0 Å². The summed E-state index contributed by atoms with van der Waals surface area (Å²) < 4.78 is 19.4. The monoisotopic (exact) mass is 431 g/mol. The zero-order valence-corrected chi connectivity index (χ0v) is 17.7. The molecule has 32 heavy (non-hydrogen) atoms. The Hall–Kier alpha value is -3.93. The van der Waals surface area contributed by atoms with Crippen LogP contribution in [0.5, 0.6) is 5.75 Å². The molecule has 3 aromatic rings. The highest BCUT2D eigenvalue weighted by atomic mass is 19.1. The van der Waals surface area contributed by atoms with Crippen molar-refractivity contribution in [3.8, 4) is 5.75 Å². The molecule has 1 atom stereocenters. The van der Waals surface area contributed by atoms with Gasteiger partial charge in [-0.2, -0.15) is 0 Å². The molecule has 0 spiro atoms. The van der Waals surface area contributed by atoms with E-state index in [4.69, 9.17) is 4.74 Å². The topological polar surface area (TPSA) is 66.8 Å². The Morgan fingerprint density at radius 1 is 1.03 bits per heavy atom. The summed E-state index contributed by atoms with van der Waals surface area (Å²) in [7, 11) is 0. The van der Waals surface area contributed by atoms with Crippen molar-refractivity contribution in [1.29, 1.82) is 0 Å². The molecule has 1 amide bonds. The second-order valence-corrected chi connectivity index (χ2v) is 7.46. The average molecular weight is 431 g/mol. The summed E-state index contributed by atoms with van der Waals surface area (Å²) in [5.41, 5.74) is 2.08. The average Bonchev–Trinajstić information content (AvgIpc) is 3.05. The highest BCUT2D eigenvalue weighted by molar-refractivity contribution is 6.51. The first kappa shape index (κ1) is 21.3. The van der Waals surface area contributed by atoms with Crippen LogP contribution in [0.15, 0.2) is 78.4 Å². The fraction of sp³-hybridized carbons (Fsp3) is 0.154. The molecule has 1 heterocycles. The number of aryl methyl sites for hydroxylation is 1. The number of anilines is 1. The highest BCUT2D eigenvalue weighted by Gasteiger charge is 2.47. The Kier molecular flexibility index (Phi) is 5.77. The molecule has 1 fully saturated rings. The number of aliphatic hydroxyl groups is 1. The molecule has 4 rings (SSSR count). The number of rotatable bonds is 5. The second-order valence-electron chi connectivity index (χ2n) is 7.46. The molecule has 1 saturated heterocycles. The molecular weight excluding hydrogens is 409 g/mol. The van der Waals surface area contributed by atoms with Crippen LogP contribution in [0.1, 0.15) is 29.7 Å². The fourth-order valence-electron chi connectivity index (χ4n) is 3.94. The van der Waals surface area contributed by atoms with Crippen molar-refractivity contribution < 1.29 is 23.8 Å². The molecule has 162 valence electrons. The summed E-state index contributed by atoms with van der Waals surface area (Å²) in [6, 6.07) is 18.5. The lowest BCUT2D eigenvalue weighted by atomic mass is 9.92. The van der Waals surface area contributed by atoms with Crippen LogP contribution in [0, 0.1) is 12.7 Å². The van der Waals surface area contributed by atoms with Crippen LogP contribution < -0.4 is 9.64 Å². The van der Waals surface area contributed by atoms with Gasteiger partial charge in [0.1, 0.15) is 17.3 Å². The van der Waals surface area contributed by atoms with E-state index >= 15 is 0 Å². The number of ether oxygens (including phenoxy) is 1. The second kappa shape index (κ2) is 8.67. The van der Waals surface area contributed by atoms with Gasteiger partial charge < -0.3 is 9.84 Å². The van der Waals surface area contributed by atoms with E-state index in [-0.39, 0.29) is 17.0 Å². The zero-order valence-electron chi connectivity index (χ0n) is 17.7. The summed E-state index contributed by atoms with van der Waals surface area (Å²) in [5, 5.41) is 11.1. The number of nitrogens with zero attached hydrogens (tertiary/aromatic N) is 1. The van der Waals surface area contributed by atoms with Gasteiger partial charge >= 0.3 is 0 Å². The van der Waals surface area contributed by atoms with E-state index in [1.807, 2.05) is 26.0 Å². The van der Waals surface area contributed by atoms with E-state index in [0.29, 0.717) is 23.5 Å². The van der Waals surface area contributed by atoms with Gasteiger partial charge in [0, 0.05) is 11.3 Å². The normalized spacial score (nSPS) is 17.6. The first-order valence-electron chi connectivity index (χ1n) is 10.3. The van der Waals surface area contributed by atoms with Crippen molar-refractivity contribution in [2.45, 2.75) is 19.9 Å². The third-order valence-electron chi connectivity index (χ3n) is 5.45. The number of amides is 1.